The maximum atomic E-state index is 5.38. The summed E-state index contributed by atoms with van der Waals surface area (Å²) in [6, 6.07) is 12.0. The first-order valence-corrected chi connectivity index (χ1v) is 7.62. The lowest BCUT2D eigenvalue weighted by molar-refractivity contribution is 0.0114. The molecule has 1 unspecified atom stereocenters. The molecule has 0 radical (unpaired) electrons. The molecule has 0 aliphatic heterocycles. The quantitative estimate of drug-likeness (QED) is 0.803. The smallest absolute Gasteiger partial charge is 0.0601 e. The fraction of sp³-hybridized carbons (Fsp3) is 0.647. The van der Waals surface area contributed by atoms with Crippen LogP contribution in [0.4, 0.5) is 0 Å². The lowest BCUT2D eigenvalue weighted by atomic mass is 9.84. The molecule has 1 aliphatic carbocycles. The second-order valence-corrected chi connectivity index (χ2v) is 5.66. The first kappa shape index (κ1) is 14.5. The van der Waals surface area contributed by atoms with Crippen LogP contribution in [-0.2, 0) is 4.74 Å². The highest BCUT2D eigenvalue weighted by Crippen LogP contribution is 2.32. The summed E-state index contributed by atoms with van der Waals surface area (Å²) in [5.74, 6) is 0.712. The minimum atomic E-state index is 0.468. The second kappa shape index (κ2) is 7.06. The standard InChI is InChI=1S/C17H27NO/c1-4-13(5-2)17(14-9-7-6-8-10-14)18-15-11-16(12-15)19-3/h6-10,13,15-18H,4-5,11-12H2,1-3H3. The molecular formula is C17H27NO. The van der Waals surface area contributed by atoms with Crippen LogP contribution in [-0.4, -0.2) is 19.3 Å². The van der Waals surface area contributed by atoms with E-state index in [1.54, 1.807) is 0 Å². The number of hydrogen-bond acceptors (Lipinski definition) is 2. The van der Waals surface area contributed by atoms with E-state index in [9.17, 15) is 0 Å². The van der Waals surface area contributed by atoms with E-state index >= 15 is 0 Å². The van der Waals surface area contributed by atoms with Crippen molar-refractivity contribution < 1.29 is 4.74 Å². The average molecular weight is 261 g/mol. The Bertz CT molecular complexity index is 355. The minimum Gasteiger partial charge on any atom is -0.381 e. The molecule has 2 rings (SSSR count). The molecule has 0 aromatic heterocycles. The Balaban J connectivity index is 2.03. The summed E-state index contributed by atoms with van der Waals surface area (Å²) < 4.78 is 5.38. The fourth-order valence-corrected chi connectivity index (χ4v) is 3.07. The molecule has 1 N–H and O–H groups in total. The number of ether oxygens (including phenoxy) is 1. The van der Waals surface area contributed by atoms with E-state index in [-0.39, 0.29) is 0 Å². The summed E-state index contributed by atoms with van der Waals surface area (Å²) in [7, 11) is 1.82. The van der Waals surface area contributed by atoms with Gasteiger partial charge in [0.05, 0.1) is 6.10 Å². The zero-order valence-electron chi connectivity index (χ0n) is 12.4. The molecule has 19 heavy (non-hydrogen) atoms. The van der Waals surface area contributed by atoms with Gasteiger partial charge in [-0.1, -0.05) is 57.0 Å². The Morgan fingerprint density at radius 2 is 1.79 bits per heavy atom. The molecule has 0 bridgehead atoms. The Morgan fingerprint density at radius 1 is 1.16 bits per heavy atom. The first-order chi connectivity index (χ1) is 9.28. The van der Waals surface area contributed by atoms with Gasteiger partial charge in [0, 0.05) is 19.2 Å². The normalized spacial score (nSPS) is 24.2. The number of benzene rings is 1. The summed E-state index contributed by atoms with van der Waals surface area (Å²) in [5, 5.41) is 3.86. The lowest BCUT2D eigenvalue weighted by Gasteiger charge is -2.39. The van der Waals surface area contributed by atoms with Crippen molar-refractivity contribution in [2.45, 2.75) is 57.7 Å². The molecule has 1 aliphatic rings. The summed E-state index contributed by atoms with van der Waals surface area (Å²) in [6.45, 7) is 4.59. The van der Waals surface area contributed by atoms with Crippen LogP contribution in [0.3, 0.4) is 0 Å². The van der Waals surface area contributed by atoms with Gasteiger partial charge in [0.1, 0.15) is 0 Å². The Labute approximate surface area is 117 Å². The Hall–Kier alpha value is -0.860. The monoisotopic (exact) mass is 261 g/mol. The molecule has 106 valence electrons. The fourth-order valence-electron chi connectivity index (χ4n) is 3.07. The zero-order valence-corrected chi connectivity index (χ0v) is 12.4. The maximum Gasteiger partial charge on any atom is 0.0601 e. The summed E-state index contributed by atoms with van der Waals surface area (Å²) in [4.78, 5) is 0. The Kier molecular flexibility index (Phi) is 5.41. The van der Waals surface area contributed by atoms with E-state index in [0.717, 1.165) is 12.8 Å². The van der Waals surface area contributed by atoms with Crippen LogP contribution in [0, 0.1) is 5.92 Å². The summed E-state index contributed by atoms with van der Waals surface area (Å²) in [6.07, 6.45) is 5.23. The SMILES string of the molecule is CCC(CC)C(NC1CC(OC)C1)c1ccccc1. The van der Waals surface area contributed by atoms with Crippen molar-refractivity contribution in [2.75, 3.05) is 7.11 Å². The Morgan fingerprint density at radius 3 is 2.32 bits per heavy atom. The highest BCUT2D eigenvalue weighted by atomic mass is 16.5. The number of methoxy groups -OCH3 is 1. The van der Waals surface area contributed by atoms with E-state index in [0.29, 0.717) is 24.1 Å². The predicted octanol–water partition coefficient (Wildman–Crippen LogP) is 3.93. The van der Waals surface area contributed by atoms with Gasteiger partial charge in [0.15, 0.2) is 0 Å². The topological polar surface area (TPSA) is 21.3 Å². The molecule has 0 heterocycles. The highest BCUT2D eigenvalue weighted by Gasteiger charge is 2.32. The molecule has 1 aromatic rings. The maximum absolute atomic E-state index is 5.38. The van der Waals surface area contributed by atoms with Gasteiger partial charge in [0.25, 0.3) is 0 Å². The van der Waals surface area contributed by atoms with Crippen LogP contribution in [0.5, 0.6) is 0 Å². The van der Waals surface area contributed by atoms with Gasteiger partial charge in [-0.2, -0.15) is 0 Å². The van der Waals surface area contributed by atoms with Crippen LogP contribution < -0.4 is 5.32 Å². The van der Waals surface area contributed by atoms with Gasteiger partial charge in [-0.3, -0.25) is 0 Å². The van der Waals surface area contributed by atoms with Crippen molar-refractivity contribution in [1.29, 1.82) is 0 Å². The van der Waals surface area contributed by atoms with Crippen LogP contribution >= 0.6 is 0 Å². The molecule has 1 aromatic carbocycles. The number of hydrogen-bond donors (Lipinski definition) is 1. The van der Waals surface area contributed by atoms with E-state index in [4.69, 9.17) is 4.74 Å². The van der Waals surface area contributed by atoms with Crippen molar-refractivity contribution in [3.8, 4) is 0 Å². The largest absolute Gasteiger partial charge is 0.381 e. The number of rotatable bonds is 7. The highest BCUT2D eigenvalue weighted by molar-refractivity contribution is 5.20. The van der Waals surface area contributed by atoms with Gasteiger partial charge >= 0.3 is 0 Å². The predicted molar refractivity (Wildman–Crippen MR) is 80.2 cm³/mol. The molecule has 0 saturated heterocycles. The van der Waals surface area contributed by atoms with Crippen LogP contribution in [0.2, 0.25) is 0 Å². The molecule has 0 amide bonds. The van der Waals surface area contributed by atoms with Crippen molar-refractivity contribution in [3.05, 3.63) is 35.9 Å². The molecule has 1 saturated carbocycles. The van der Waals surface area contributed by atoms with E-state index in [1.165, 1.54) is 18.4 Å². The third-order valence-electron chi connectivity index (χ3n) is 4.52. The van der Waals surface area contributed by atoms with Gasteiger partial charge in [0.2, 0.25) is 0 Å². The van der Waals surface area contributed by atoms with Crippen LogP contribution in [0.25, 0.3) is 0 Å². The molecule has 2 heteroatoms. The molecule has 2 nitrogen and oxygen atoms in total. The van der Waals surface area contributed by atoms with Crippen molar-refractivity contribution >= 4 is 0 Å². The summed E-state index contributed by atoms with van der Waals surface area (Å²) >= 11 is 0. The van der Waals surface area contributed by atoms with E-state index < -0.39 is 0 Å². The molecule has 1 atom stereocenters. The van der Waals surface area contributed by atoms with Gasteiger partial charge in [-0.05, 0) is 24.3 Å². The van der Waals surface area contributed by atoms with E-state index in [2.05, 4.69) is 49.5 Å². The third-order valence-corrected chi connectivity index (χ3v) is 4.52. The van der Waals surface area contributed by atoms with Crippen LogP contribution in [0.1, 0.15) is 51.1 Å². The van der Waals surface area contributed by atoms with Gasteiger partial charge in [-0.15, -0.1) is 0 Å². The number of nitrogens with one attached hydrogen (secondary N) is 1. The first-order valence-electron chi connectivity index (χ1n) is 7.62. The van der Waals surface area contributed by atoms with Crippen LogP contribution in [0.15, 0.2) is 30.3 Å². The summed E-state index contributed by atoms with van der Waals surface area (Å²) in [5.41, 5.74) is 1.43. The van der Waals surface area contributed by atoms with E-state index in [1.807, 2.05) is 7.11 Å². The van der Waals surface area contributed by atoms with Crippen molar-refractivity contribution in [1.82, 2.24) is 5.32 Å². The average Bonchev–Trinajstić information content (AvgIpc) is 2.42. The van der Waals surface area contributed by atoms with Crippen molar-refractivity contribution in [2.24, 2.45) is 5.92 Å². The second-order valence-electron chi connectivity index (χ2n) is 5.66. The molecule has 1 fully saturated rings. The molecular weight excluding hydrogens is 234 g/mol. The van der Waals surface area contributed by atoms with Gasteiger partial charge < -0.3 is 10.1 Å². The lowest BCUT2D eigenvalue weighted by Crippen LogP contribution is -2.47. The van der Waals surface area contributed by atoms with Gasteiger partial charge in [-0.25, -0.2) is 0 Å². The third kappa shape index (κ3) is 3.58. The zero-order chi connectivity index (χ0) is 13.7. The minimum absolute atomic E-state index is 0.468. The van der Waals surface area contributed by atoms with Crippen molar-refractivity contribution in [3.63, 3.8) is 0 Å². The molecule has 0 spiro atoms.